The second kappa shape index (κ2) is 16.1. The molecule has 4 heterocycles. The second-order valence-corrected chi connectivity index (χ2v) is 13.3. The molecule has 0 saturated carbocycles. The van der Waals surface area contributed by atoms with Crippen molar-refractivity contribution >= 4 is 32.7 Å². The molecule has 0 N–H and O–H groups in total. The summed E-state index contributed by atoms with van der Waals surface area (Å²) < 4.78 is 28.6. The zero-order chi connectivity index (χ0) is 39.6. The third kappa shape index (κ3) is 7.07. The summed E-state index contributed by atoms with van der Waals surface area (Å²) in [6, 6.07) is 57.2. The van der Waals surface area contributed by atoms with Crippen molar-refractivity contribution in [2.75, 3.05) is 0 Å². The minimum absolute atomic E-state index is 0. The van der Waals surface area contributed by atoms with Gasteiger partial charge in [-0.2, -0.15) is 0 Å². The molecular weight excluding hydrogens is 863 g/mol. The standard InChI is InChI=1S/C39H25N2O.C12H10N.Ir/c1-25-23-40-24-35-29(25)14-8-15-31(35)32-19-18-30(27-12-6-3-7-13-27)37-34-17-9-16-33(38(34)42-39(32)37)36-22-28(20-21-41-36)26-10-4-2-5-11-26;1-10-7-8-12(13-9-10)11-5-3-2-4-6-11;/h2-15,17-24H,1H3;2-5,7-9H,1H3;/q2*-1;/i;1D3;. The van der Waals surface area contributed by atoms with Crippen molar-refractivity contribution in [1.82, 2.24) is 15.0 Å². The van der Waals surface area contributed by atoms with Gasteiger partial charge in [0.1, 0.15) is 5.58 Å². The van der Waals surface area contributed by atoms with E-state index in [4.69, 9.17) is 13.5 Å². The van der Waals surface area contributed by atoms with Crippen molar-refractivity contribution in [2.45, 2.75) is 13.8 Å². The summed E-state index contributed by atoms with van der Waals surface area (Å²) in [6.07, 6.45) is 7.12. The fraction of sp³-hybridized carbons (Fsp3) is 0.0392. The molecular formula is C51H35IrN3O-2. The fourth-order valence-corrected chi connectivity index (χ4v) is 7.17. The number of nitrogens with zero attached hydrogens (tertiary/aromatic N) is 3. The molecule has 0 bridgehead atoms. The Morgan fingerprint density at radius 1 is 0.554 bits per heavy atom. The van der Waals surface area contributed by atoms with Crippen LogP contribution >= 0.6 is 0 Å². The number of hydrogen-bond acceptors (Lipinski definition) is 4. The Hall–Kier alpha value is -6.52. The molecule has 0 aliphatic heterocycles. The van der Waals surface area contributed by atoms with Crippen molar-refractivity contribution in [3.63, 3.8) is 0 Å². The Bertz CT molecular complexity index is 3040. The Labute approximate surface area is 344 Å². The third-order valence-electron chi connectivity index (χ3n) is 9.83. The average Bonchev–Trinajstić information content (AvgIpc) is 3.67. The van der Waals surface area contributed by atoms with Gasteiger partial charge in [-0.25, -0.2) is 0 Å². The van der Waals surface area contributed by atoms with Gasteiger partial charge in [-0.15, -0.1) is 54.1 Å². The van der Waals surface area contributed by atoms with Crippen LogP contribution < -0.4 is 0 Å². The van der Waals surface area contributed by atoms with E-state index in [1.165, 1.54) is 11.6 Å². The quantitative estimate of drug-likeness (QED) is 0.162. The molecule has 271 valence electrons. The van der Waals surface area contributed by atoms with Gasteiger partial charge in [0.2, 0.25) is 0 Å². The summed E-state index contributed by atoms with van der Waals surface area (Å²) in [5, 5.41) is 4.42. The molecule has 10 aromatic rings. The van der Waals surface area contributed by atoms with Gasteiger partial charge in [0.05, 0.1) is 5.58 Å². The van der Waals surface area contributed by atoms with Gasteiger partial charge in [0.25, 0.3) is 0 Å². The Morgan fingerprint density at radius 2 is 1.36 bits per heavy atom. The summed E-state index contributed by atoms with van der Waals surface area (Å²) in [5.74, 6) is 0. The summed E-state index contributed by atoms with van der Waals surface area (Å²) in [7, 11) is 0. The van der Waals surface area contributed by atoms with E-state index in [2.05, 4.69) is 120 Å². The molecule has 0 fully saturated rings. The van der Waals surface area contributed by atoms with Gasteiger partial charge in [-0.3, -0.25) is 4.98 Å². The summed E-state index contributed by atoms with van der Waals surface area (Å²) in [5.41, 5.74) is 13.0. The zero-order valence-corrected chi connectivity index (χ0v) is 32.7. The van der Waals surface area contributed by atoms with Crippen molar-refractivity contribution in [2.24, 2.45) is 0 Å². The Kier molecular flexibility index (Phi) is 9.43. The van der Waals surface area contributed by atoms with Gasteiger partial charge < -0.3 is 14.4 Å². The van der Waals surface area contributed by atoms with E-state index < -0.39 is 6.85 Å². The van der Waals surface area contributed by atoms with Gasteiger partial charge in [-0.05, 0) is 81.6 Å². The molecule has 0 unspecified atom stereocenters. The SMILES string of the molecule is Cc1cncc2c(-c3ccc(-c4ccccc4)c4c3oc3c(-c5cc(-c6ccccc6)ccn5)[c-]ccc34)cccc12.[2H]C([2H])([2H])c1ccc(-c2[c-]cccc2)nc1.[Ir]. The van der Waals surface area contributed by atoms with Crippen LogP contribution in [0.4, 0.5) is 0 Å². The third-order valence-corrected chi connectivity index (χ3v) is 9.83. The predicted molar refractivity (Wildman–Crippen MR) is 225 cm³/mol. The topological polar surface area (TPSA) is 51.8 Å². The van der Waals surface area contributed by atoms with Crippen LogP contribution in [0.5, 0.6) is 0 Å². The molecule has 1 radical (unpaired) electrons. The van der Waals surface area contributed by atoms with Crippen LogP contribution in [-0.2, 0) is 20.1 Å². The van der Waals surface area contributed by atoms with Gasteiger partial charge in [0, 0.05) is 65.3 Å². The van der Waals surface area contributed by atoms with E-state index in [1.54, 1.807) is 18.2 Å². The zero-order valence-electron chi connectivity index (χ0n) is 33.3. The predicted octanol–water partition coefficient (Wildman–Crippen LogP) is 13.2. The van der Waals surface area contributed by atoms with Crippen LogP contribution in [0.3, 0.4) is 0 Å². The summed E-state index contributed by atoms with van der Waals surface area (Å²) in [6.45, 7) is 0.0129. The molecule has 0 aliphatic carbocycles. The molecule has 5 heteroatoms. The van der Waals surface area contributed by atoms with E-state index in [9.17, 15) is 0 Å². The Morgan fingerprint density at radius 3 is 2.12 bits per heavy atom. The van der Waals surface area contributed by atoms with Crippen LogP contribution in [0.15, 0.2) is 181 Å². The number of aromatic nitrogens is 3. The molecule has 0 aliphatic rings. The Balaban J connectivity index is 0.000000240. The van der Waals surface area contributed by atoms with E-state index in [-0.39, 0.29) is 25.7 Å². The van der Waals surface area contributed by atoms with E-state index in [0.717, 1.165) is 88.8 Å². The maximum atomic E-state index is 7.23. The molecule has 10 rings (SSSR count). The second-order valence-electron chi connectivity index (χ2n) is 13.3. The molecule has 6 aromatic carbocycles. The van der Waals surface area contributed by atoms with E-state index in [1.807, 2.05) is 61.1 Å². The largest absolute Gasteiger partial charge is 0.500 e. The number of pyridine rings is 3. The number of rotatable bonds is 5. The van der Waals surface area contributed by atoms with Crippen LogP contribution in [0.1, 0.15) is 15.2 Å². The van der Waals surface area contributed by atoms with Gasteiger partial charge in [0.15, 0.2) is 0 Å². The van der Waals surface area contributed by atoms with Crippen LogP contribution in [0, 0.1) is 25.9 Å². The van der Waals surface area contributed by atoms with Gasteiger partial charge >= 0.3 is 0 Å². The number of furan rings is 1. The van der Waals surface area contributed by atoms with Crippen molar-refractivity contribution < 1.29 is 28.6 Å². The maximum Gasteiger partial charge on any atom is 0.129 e. The number of benzene rings is 6. The molecule has 4 aromatic heterocycles. The molecule has 0 atom stereocenters. The number of hydrogen-bond donors (Lipinski definition) is 0. The molecule has 4 nitrogen and oxygen atoms in total. The maximum absolute atomic E-state index is 7.23. The van der Waals surface area contributed by atoms with Crippen molar-refractivity contribution in [3.8, 4) is 55.9 Å². The summed E-state index contributed by atoms with van der Waals surface area (Å²) >= 11 is 0. The molecule has 0 amide bonds. The van der Waals surface area contributed by atoms with E-state index in [0.29, 0.717) is 0 Å². The van der Waals surface area contributed by atoms with E-state index >= 15 is 0 Å². The first-order valence-corrected chi connectivity index (χ1v) is 18.1. The first-order chi connectivity index (χ1) is 28.3. The van der Waals surface area contributed by atoms with Crippen LogP contribution in [-0.4, -0.2) is 15.0 Å². The monoisotopic (exact) mass is 901 g/mol. The van der Waals surface area contributed by atoms with Crippen molar-refractivity contribution in [1.29, 1.82) is 0 Å². The smallest absolute Gasteiger partial charge is 0.129 e. The average molecular weight is 901 g/mol. The molecule has 56 heavy (non-hydrogen) atoms. The minimum atomic E-state index is -2.09. The fourth-order valence-electron chi connectivity index (χ4n) is 7.17. The first-order valence-electron chi connectivity index (χ1n) is 19.6. The van der Waals surface area contributed by atoms with Gasteiger partial charge in [-0.1, -0.05) is 114 Å². The normalized spacial score (nSPS) is 11.9. The number of fused-ring (bicyclic) bond motifs is 4. The van der Waals surface area contributed by atoms with Crippen LogP contribution in [0.25, 0.3) is 88.6 Å². The molecule has 0 saturated heterocycles. The minimum Gasteiger partial charge on any atom is -0.500 e. The number of aryl methyl sites for hydroxylation is 2. The van der Waals surface area contributed by atoms with Crippen molar-refractivity contribution in [3.05, 3.63) is 200 Å². The van der Waals surface area contributed by atoms with Crippen LogP contribution in [0.2, 0.25) is 0 Å². The molecule has 0 spiro atoms. The summed E-state index contributed by atoms with van der Waals surface area (Å²) in [4.78, 5) is 13.4. The first kappa shape index (κ1) is 32.9.